The lowest BCUT2D eigenvalue weighted by Gasteiger charge is -2.62. The van der Waals surface area contributed by atoms with E-state index in [4.69, 9.17) is 0 Å². The number of hydrogen-bond donors (Lipinski definition) is 2. The molecule has 4 rings (SSSR count). The largest absolute Gasteiger partial charge is 0.743 e. The van der Waals surface area contributed by atoms with Crippen molar-refractivity contribution < 1.29 is 50.3 Å². The third kappa shape index (κ3) is 5.25. The van der Waals surface area contributed by atoms with E-state index in [1.54, 1.807) is 0 Å². The predicted molar refractivity (Wildman–Crippen MR) is 132 cm³/mol. The SMILES string of the molecule is C[C@H](CCC(=O)OCC(F)(F)C(F)(F)S(=O)(=O)[O-])[C@H]1CC[C@H]2[C@@H]3[C@@H](O)C[C@@H]4C[C@H](O)CC[C@]4(C)[C@H]3CC[C@]12C. The summed E-state index contributed by atoms with van der Waals surface area (Å²) >= 11 is 0. The van der Waals surface area contributed by atoms with E-state index >= 15 is 0 Å². The van der Waals surface area contributed by atoms with Gasteiger partial charge in [-0.05, 0) is 104 Å². The lowest BCUT2D eigenvalue weighted by atomic mass is 9.43. The number of rotatable bonds is 8. The Morgan fingerprint density at radius 3 is 2.28 bits per heavy atom. The van der Waals surface area contributed by atoms with E-state index in [0.717, 1.165) is 44.9 Å². The van der Waals surface area contributed by atoms with Crippen LogP contribution in [-0.4, -0.2) is 59.1 Å². The quantitative estimate of drug-likeness (QED) is 0.240. The van der Waals surface area contributed by atoms with Crippen LogP contribution in [0, 0.1) is 46.3 Å². The third-order valence-corrected chi connectivity index (χ3v) is 12.3. The molecular formula is C27H41F4O7S-. The molecule has 0 spiro atoms. The van der Waals surface area contributed by atoms with Crippen molar-refractivity contribution in [1.29, 1.82) is 0 Å². The maximum atomic E-state index is 13.6. The minimum atomic E-state index is -6.64. The molecule has 10 atom stereocenters. The highest BCUT2D eigenvalue weighted by molar-refractivity contribution is 7.86. The van der Waals surface area contributed by atoms with Crippen molar-refractivity contribution in [1.82, 2.24) is 0 Å². The fraction of sp³-hybridized carbons (Fsp3) is 0.963. The molecular weight excluding hydrogens is 544 g/mol. The van der Waals surface area contributed by atoms with Crippen molar-refractivity contribution in [3.8, 4) is 0 Å². The van der Waals surface area contributed by atoms with Crippen molar-refractivity contribution in [3.63, 3.8) is 0 Å². The Morgan fingerprint density at radius 1 is 1.03 bits per heavy atom. The molecule has 0 heterocycles. The number of ether oxygens (including phenoxy) is 1. The van der Waals surface area contributed by atoms with E-state index in [1.807, 2.05) is 6.92 Å². The topological polar surface area (TPSA) is 124 Å². The molecule has 0 amide bonds. The van der Waals surface area contributed by atoms with Crippen LogP contribution in [0.4, 0.5) is 17.6 Å². The fourth-order valence-electron chi connectivity index (χ4n) is 9.23. The van der Waals surface area contributed by atoms with E-state index in [0.29, 0.717) is 24.2 Å². The van der Waals surface area contributed by atoms with Gasteiger partial charge in [0, 0.05) is 6.42 Å². The Labute approximate surface area is 227 Å². The standard InChI is InChI=1S/C27H42F4O7S/c1-15(4-7-22(34)38-14-26(28,29)27(30,31)39(35,36)37)18-5-6-19-23-20(9-11-25(18,19)3)24(2)10-8-17(32)12-16(24)13-21(23)33/h15-21,23,32-33H,4-14H2,1-3H3,(H,35,36,37)/p-1/t15-,16+,17-,18-,19+,20+,21+,23+,24+,25-/m1/s1. The number of esters is 1. The molecule has 0 aromatic carbocycles. The van der Waals surface area contributed by atoms with Crippen LogP contribution < -0.4 is 0 Å². The molecule has 0 bridgehead atoms. The number of hydrogen-bond acceptors (Lipinski definition) is 7. The maximum Gasteiger partial charge on any atom is 0.399 e. The van der Waals surface area contributed by atoms with Gasteiger partial charge in [0.05, 0.1) is 12.2 Å². The monoisotopic (exact) mass is 585 g/mol. The van der Waals surface area contributed by atoms with Crippen molar-refractivity contribution in [2.45, 2.75) is 108 Å². The lowest BCUT2D eigenvalue weighted by Crippen LogP contribution is -2.58. The maximum absolute atomic E-state index is 13.6. The molecule has 0 aromatic heterocycles. The predicted octanol–water partition coefficient (Wildman–Crippen LogP) is 4.71. The summed E-state index contributed by atoms with van der Waals surface area (Å²) in [5.41, 5.74) is 0.0304. The molecule has 7 nitrogen and oxygen atoms in total. The summed E-state index contributed by atoms with van der Waals surface area (Å²) in [5, 5.41) is 15.7. The van der Waals surface area contributed by atoms with Gasteiger partial charge in [0.25, 0.3) is 0 Å². The van der Waals surface area contributed by atoms with Crippen LogP contribution in [0.15, 0.2) is 0 Å². The van der Waals surface area contributed by atoms with Gasteiger partial charge in [-0.15, -0.1) is 0 Å². The van der Waals surface area contributed by atoms with E-state index < -0.39 is 40.0 Å². The highest BCUT2D eigenvalue weighted by Crippen LogP contribution is 2.68. The first-order valence-corrected chi connectivity index (χ1v) is 15.5. The van der Waals surface area contributed by atoms with Gasteiger partial charge < -0.3 is 19.5 Å². The minimum Gasteiger partial charge on any atom is -0.743 e. The Hall–Kier alpha value is -0.980. The summed E-state index contributed by atoms with van der Waals surface area (Å²) in [6.45, 7) is 4.36. The second-order valence-electron chi connectivity index (χ2n) is 13.3. The fourth-order valence-corrected chi connectivity index (χ4v) is 9.66. The van der Waals surface area contributed by atoms with E-state index in [-0.39, 0.29) is 47.5 Å². The number of halogens is 4. The van der Waals surface area contributed by atoms with Gasteiger partial charge in [-0.2, -0.15) is 17.6 Å². The van der Waals surface area contributed by atoms with Crippen molar-refractivity contribution in [2.75, 3.05) is 6.61 Å². The van der Waals surface area contributed by atoms with Crippen LogP contribution in [0.5, 0.6) is 0 Å². The molecule has 4 saturated carbocycles. The second-order valence-corrected chi connectivity index (χ2v) is 14.7. The smallest absolute Gasteiger partial charge is 0.399 e. The van der Waals surface area contributed by atoms with Gasteiger partial charge in [0.1, 0.15) is 0 Å². The van der Waals surface area contributed by atoms with Crippen LogP contribution >= 0.6 is 0 Å². The zero-order valence-electron chi connectivity index (χ0n) is 22.8. The summed E-state index contributed by atoms with van der Waals surface area (Å²) in [6.07, 6.45) is 6.25. The van der Waals surface area contributed by atoms with Crippen LogP contribution in [0.25, 0.3) is 0 Å². The van der Waals surface area contributed by atoms with Crippen LogP contribution in [0.3, 0.4) is 0 Å². The summed E-state index contributed by atoms with van der Waals surface area (Å²) in [4.78, 5) is 12.1. The molecule has 0 radical (unpaired) electrons. The third-order valence-electron chi connectivity index (χ3n) is 11.4. The average molecular weight is 586 g/mol. The van der Waals surface area contributed by atoms with Crippen molar-refractivity contribution in [3.05, 3.63) is 0 Å². The number of fused-ring (bicyclic) bond motifs is 5. The first-order chi connectivity index (χ1) is 17.8. The number of alkyl halides is 4. The number of aliphatic hydroxyl groups excluding tert-OH is 2. The summed E-state index contributed by atoms with van der Waals surface area (Å²) in [5.74, 6) is -5.10. The Kier molecular flexibility index (Phi) is 8.24. The summed E-state index contributed by atoms with van der Waals surface area (Å²) in [7, 11) is -6.64. The zero-order chi connectivity index (χ0) is 29.2. The number of carbonyl (C=O) groups excluding carboxylic acids is 1. The highest BCUT2D eigenvalue weighted by Gasteiger charge is 2.64. The highest BCUT2D eigenvalue weighted by atomic mass is 32.2. The molecule has 4 aliphatic carbocycles. The van der Waals surface area contributed by atoms with E-state index in [9.17, 15) is 45.5 Å². The summed E-state index contributed by atoms with van der Waals surface area (Å²) in [6, 6.07) is 0. The number of carbonyl (C=O) groups is 1. The molecule has 0 unspecified atom stereocenters. The van der Waals surface area contributed by atoms with Crippen LogP contribution in [0.2, 0.25) is 0 Å². The van der Waals surface area contributed by atoms with Gasteiger partial charge in [-0.1, -0.05) is 20.8 Å². The minimum absolute atomic E-state index is 0.00182. The Bertz CT molecular complexity index is 1040. The molecule has 4 fully saturated rings. The Balaban J connectivity index is 1.37. The van der Waals surface area contributed by atoms with Gasteiger partial charge in [0.2, 0.25) is 0 Å². The zero-order valence-corrected chi connectivity index (χ0v) is 23.6. The van der Waals surface area contributed by atoms with Crippen LogP contribution in [0.1, 0.15) is 85.0 Å². The first kappa shape index (κ1) is 31.0. The van der Waals surface area contributed by atoms with Crippen molar-refractivity contribution in [2.24, 2.45) is 46.3 Å². The van der Waals surface area contributed by atoms with Crippen LogP contribution in [-0.2, 0) is 19.6 Å². The molecule has 4 aliphatic rings. The van der Waals surface area contributed by atoms with Crippen molar-refractivity contribution >= 4 is 16.1 Å². The molecule has 12 heteroatoms. The Morgan fingerprint density at radius 2 is 1.64 bits per heavy atom. The molecule has 39 heavy (non-hydrogen) atoms. The lowest BCUT2D eigenvalue weighted by molar-refractivity contribution is -0.196. The summed E-state index contributed by atoms with van der Waals surface area (Å²) < 4.78 is 89.6. The van der Waals surface area contributed by atoms with Gasteiger partial charge >= 0.3 is 17.1 Å². The number of aliphatic hydroxyl groups is 2. The van der Waals surface area contributed by atoms with E-state index in [2.05, 4.69) is 18.6 Å². The van der Waals surface area contributed by atoms with Gasteiger partial charge in [0.15, 0.2) is 16.7 Å². The first-order valence-electron chi connectivity index (χ1n) is 14.1. The molecule has 226 valence electrons. The van der Waals surface area contributed by atoms with E-state index in [1.165, 1.54) is 0 Å². The second kappa shape index (κ2) is 10.4. The molecule has 2 N–H and O–H groups in total. The van der Waals surface area contributed by atoms with Gasteiger partial charge in [-0.25, -0.2) is 8.42 Å². The van der Waals surface area contributed by atoms with Gasteiger partial charge in [-0.3, -0.25) is 4.79 Å². The average Bonchev–Trinajstić information content (AvgIpc) is 3.18. The molecule has 0 aromatic rings. The normalized spacial score (nSPS) is 41.7. The molecule has 0 saturated heterocycles. The molecule has 0 aliphatic heterocycles.